The summed E-state index contributed by atoms with van der Waals surface area (Å²) in [4.78, 5) is 22.3. The molecule has 2 aromatic carbocycles. The predicted octanol–water partition coefficient (Wildman–Crippen LogP) is 3.57. The zero-order valence-corrected chi connectivity index (χ0v) is 16.9. The third-order valence-electron chi connectivity index (χ3n) is 4.38. The van der Waals surface area contributed by atoms with Gasteiger partial charge in [-0.25, -0.2) is 14.4 Å². The summed E-state index contributed by atoms with van der Waals surface area (Å²) in [6.45, 7) is 0. The van der Waals surface area contributed by atoms with Gasteiger partial charge >= 0.3 is 0 Å². The standard InChI is InChI=1S/C20H13BrFN5O2/c1-26-9-16(24-10-26)19-25-18-13(5-11(8-23)6-14(18)21)20(28)27(19)12-3-4-17(29-2)15(22)7-12/h3-7,9-10H,1-2H3. The summed E-state index contributed by atoms with van der Waals surface area (Å²) in [7, 11) is 3.16. The van der Waals surface area contributed by atoms with Crippen molar-refractivity contribution in [2.75, 3.05) is 7.11 Å². The highest BCUT2D eigenvalue weighted by atomic mass is 79.9. The largest absolute Gasteiger partial charge is 0.494 e. The molecular weight excluding hydrogens is 441 g/mol. The minimum Gasteiger partial charge on any atom is -0.494 e. The summed E-state index contributed by atoms with van der Waals surface area (Å²) in [6.07, 6.45) is 3.29. The van der Waals surface area contributed by atoms with E-state index >= 15 is 0 Å². The first-order chi connectivity index (χ1) is 13.9. The summed E-state index contributed by atoms with van der Waals surface area (Å²) >= 11 is 3.38. The van der Waals surface area contributed by atoms with E-state index in [0.29, 0.717) is 21.2 Å². The Balaban J connectivity index is 2.13. The van der Waals surface area contributed by atoms with Crippen LogP contribution in [0.25, 0.3) is 28.1 Å². The van der Waals surface area contributed by atoms with Crippen molar-refractivity contribution in [2.45, 2.75) is 0 Å². The summed E-state index contributed by atoms with van der Waals surface area (Å²) in [5.41, 5.74) is 0.958. The molecule has 0 spiro atoms. The first-order valence-electron chi connectivity index (χ1n) is 8.41. The fourth-order valence-corrected chi connectivity index (χ4v) is 3.60. The number of halogens is 2. The van der Waals surface area contributed by atoms with E-state index in [9.17, 15) is 14.4 Å². The predicted molar refractivity (Wildman–Crippen MR) is 108 cm³/mol. The van der Waals surface area contributed by atoms with Crippen molar-refractivity contribution in [3.63, 3.8) is 0 Å². The Morgan fingerprint density at radius 3 is 2.69 bits per heavy atom. The number of ether oxygens (including phenoxy) is 1. The Labute approximate surface area is 172 Å². The van der Waals surface area contributed by atoms with Gasteiger partial charge in [0.25, 0.3) is 5.56 Å². The number of fused-ring (bicyclic) bond motifs is 1. The molecule has 144 valence electrons. The van der Waals surface area contributed by atoms with Gasteiger partial charge < -0.3 is 9.30 Å². The third-order valence-corrected chi connectivity index (χ3v) is 4.99. The molecule has 0 amide bonds. The SMILES string of the molecule is COc1ccc(-n2c(-c3cn(C)cn3)nc3c(Br)cc(C#N)cc3c2=O)cc1F. The maximum atomic E-state index is 14.4. The average molecular weight is 454 g/mol. The molecule has 2 aromatic heterocycles. The minimum absolute atomic E-state index is 0.0597. The molecule has 0 saturated carbocycles. The average Bonchev–Trinajstić information content (AvgIpc) is 3.14. The number of aromatic nitrogens is 4. The molecule has 4 rings (SSSR count). The Morgan fingerprint density at radius 1 is 1.28 bits per heavy atom. The summed E-state index contributed by atoms with van der Waals surface area (Å²) in [5, 5.41) is 9.48. The number of rotatable bonds is 3. The maximum absolute atomic E-state index is 14.4. The summed E-state index contributed by atoms with van der Waals surface area (Å²) in [6, 6.07) is 9.28. The molecule has 9 heteroatoms. The zero-order chi connectivity index (χ0) is 20.7. The molecule has 0 fully saturated rings. The number of imidazole rings is 1. The van der Waals surface area contributed by atoms with Gasteiger partial charge in [-0.15, -0.1) is 0 Å². The van der Waals surface area contributed by atoms with Crippen LogP contribution in [0.3, 0.4) is 0 Å². The minimum atomic E-state index is -0.615. The van der Waals surface area contributed by atoms with E-state index in [1.807, 2.05) is 6.07 Å². The van der Waals surface area contributed by atoms with Gasteiger partial charge in [0, 0.05) is 23.8 Å². The molecule has 0 saturated heterocycles. The number of aryl methyl sites for hydroxylation is 1. The molecular formula is C20H13BrFN5O2. The lowest BCUT2D eigenvalue weighted by Crippen LogP contribution is -2.22. The van der Waals surface area contributed by atoms with E-state index in [0.717, 1.165) is 0 Å². The quantitative estimate of drug-likeness (QED) is 0.473. The van der Waals surface area contributed by atoms with Crippen LogP contribution in [0.5, 0.6) is 5.75 Å². The van der Waals surface area contributed by atoms with E-state index in [1.165, 1.54) is 29.9 Å². The van der Waals surface area contributed by atoms with Crippen LogP contribution in [0.4, 0.5) is 4.39 Å². The number of hydrogen-bond acceptors (Lipinski definition) is 5. The Morgan fingerprint density at radius 2 is 2.07 bits per heavy atom. The molecule has 7 nitrogen and oxygen atoms in total. The van der Waals surface area contributed by atoms with Crippen LogP contribution in [0.15, 0.2) is 52.1 Å². The lowest BCUT2D eigenvalue weighted by Gasteiger charge is -2.14. The molecule has 4 aromatic rings. The van der Waals surface area contributed by atoms with Crippen LogP contribution in [0, 0.1) is 17.1 Å². The van der Waals surface area contributed by atoms with Crippen molar-refractivity contribution >= 4 is 26.8 Å². The molecule has 0 atom stereocenters. The molecule has 2 heterocycles. The Hall–Kier alpha value is -3.51. The van der Waals surface area contributed by atoms with Crippen LogP contribution in [0.1, 0.15) is 5.56 Å². The first kappa shape index (κ1) is 18.8. The molecule has 0 aliphatic carbocycles. The number of nitriles is 1. The van der Waals surface area contributed by atoms with Gasteiger partial charge in [0.1, 0.15) is 5.69 Å². The monoisotopic (exact) mass is 453 g/mol. The third kappa shape index (κ3) is 3.17. The Bertz CT molecular complexity index is 1370. The van der Waals surface area contributed by atoms with Crippen molar-refractivity contribution in [3.8, 4) is 29.0 Å². The van der Waals surface area contributed by atoms with Gasteiger partial charge in [-0.2, -0.15) is 5.26 Å². The van der Waals surface area contributed by atoms with E-state index in [2.05, 4.69) is 25.9 Å². The van der Waals surface area contributed by atoms with E-state index in [4.69, 9.17) is 4.74 Å². The fourth-order valence-electron chi connectivity index (χ4n) is 3.05. The van der Waals surface area contributed by atoms with Crippen molar-refractivity contribution in [2.24, 2.45) is 7.05 Å². The van der Waals surface area contributed by atoms with Crippen molar-refractivity contribution in [3.05, 3.63) is 69.1 Å². The normalized spacial score (nSPS) is 10.9. The molecule has 0 radical (unpaired) electrons. The van der Waals surface area contributed by atoms with Gasteiger partial charge in [-0.1, -0.05) is 0 Å². The van der Waals surface area contributed by atoms with Gasteiger partial charge in [-0.3, -0.25) is 9.36 Å². The van der Waals surface area contributed by atoms with E-state index in [1.54, 1.807) is 36.3 Å². The molecule has 0 bridgehead atoms. The highest BCUT2D eigenvalue weighted by molar-refractivity contribution is 9.10. The fraction of sp³-hybridized carbons (Fsp3) is 0.100. The van der Waals surface area contributed by atoms with Crippen LogP contribution >= 0.6 is 15.9 Å². The zero-order valence-electron chi connectivity index (χ0n) is 15.3. The lowest BCUT2D eigenvalue weighted by atomic mass is 10.1. The summed E-state index contributed by atoms with van der Waals surface area (Å²) < 4.78 is 22.8. The molecule has 29 heavy (non-hydrogen) atoms. The van der Waals surface area contributed by atoms with Crippen LogP contribution in [-0.4, -0.2) is 26.2 Å². The highest BCUT2D eigenvalue weighted by Gasteiger charge is 2.19. The second kappa shape index (κ2) is 7.14. The van der Waals surface area contributed by atoms with Crippen molar-refractivity contribution < 1.29 is 9.13 Å². The molecule has 0 aliphatic rings. The number of benzene rings is 2. The van der Waals surface area contributed by atoms with Gasteiger partial charge in [0.05, 0.1) is 41.7 Å². The topological polar surface area (TPSA) is 85.7 Å². The van der Waals surface area contributed by atoms with Gasteiger partial charge in [0.2, 0.25) is 0 Å². The highest BCUT2D eigenvalue weighted by Crippen LogP contribution is 2.28. The number of hydrogen-bond donors (Lipinski definition) is 0. The molecule has 0 N–H and O–H groups in total. The second-order valence-corrected chi connectivity index (χ2v) is 7.14. The van der Waals surface area contributed by atoms with Gasteiger partial charge in [-0.05, 0) is 40.2 Å². The van der Waals surface area contributed by atoms with E-state index in [-0.39, 0.29) is 22.6 Å². The van der Waals surface area contributed by atoms with Gasteiger partial charge in [0.15, 0.2) is 17.4 Å². The van der Waals surface area contributed by atoms with Crippen molar-refractivity contribution in [1.82, 2.24) is 19.1 Å². The Kier molecular flexibility index (Phi) is 4.64. The van der Waals surface area contributed by atoms with Crippen LogP contribution < -0.4 is 10.3 Å². The number of nitrogens with zero attached hydrogens (tertiary/aromatic N) is 5. The van der Waals surface area contributed by atoms with E-state index < -0.39 is 11.4 Å². The smallest absolute Gasteiger partial charge is 0.266 e. The van der Waals surface area contributed by atoms with Crippen LogP contribution in [0.2, 0.25) is 0 Å². The molecule has 0 unspecified atom stereocenters. The van der Waals surface area contributed by atoms with Crippen LogP contribution in [-0.2, 0) is 7.05 Å². The molecule has 0 aliphatic heterocycles. The van der Waals surface area contributed by atoms with Crippen molar-refractivity contribution in [1.29, 1.82) is 5.26 Å². The number of methoxy groups -OCH3 is 1. The second-order valence-electron chi connectivity index (χ2n) is 6.29. The first-order valence-corrected chi connectivity index (χ1v) is 9.21. The maximum Gasteiger partial charge on any atom is 0.266 e. The summed E-state index contributed by atoms with van der Waals surface area (Å²) in [5.74, 6) is -0.307. The lowest BCUT2D eigenvalue weighted by molar-refractivity contribution is 0.386.